The van der Waals surface area contributed by atoms with Gasteiger partial charge < -0.3 is 5.73 Å². The van der Waals surface area contributed by atoms with Gasteiger partial charge in [-0.1, -0.05) is 38.1 Å². The highest BCUT2D eigenvalue weighted by Crippen LogP contribution is 2.24. The minimum absolute atomic E-state index is 0. The quantitative estimate of drug-likeness (QED) is 0.779. The smallest absolute Gasteiger partial charge is 0.00216 e. The molecule has 0 aliphatic heterocycles. The molecular weight excluding hydrogens is 182 g/mol. The Morgan fingerprint density at radius 3 is 2.23 bits per heavy atom. The van der Waals surface area contributed by atoms with Crippen LogP contribution in [0.25, 0.3) is 0 Å². The molecule has 0 heterocycles. The number of hydrogen-bond donors (Lipinski definition) is 1. The van der Waals surface area contributed by atoms with Crippen molar-refractivity contribution < 1.29 is 0 Å². The molecule has 0 aliphatic carbocycles. The van der Waals surface area contributed by atoms with E-state index in [2.05, 4.69) is 45.0 Å². The van der Waals surface area contributed by atoms with Gasteiger partial charge in [-0.15, -0.1) is 12.4 Å². The van der Waals surface area contributed by atoms with Crippen molar-refractivity contribution in [3.05, 3.63) is 35.4 Å². The highest BCUT2D eigenvalue weighted by atomic mass is 35.5. The third kappa shape index (κ3) is 2.71. The van der Waals surface area contributed by atoms with Gasteiger partial charge in [0.2, 0.25) is 0 Å². The van der Waals surface area contributed by atoms with E-state index in [1.807, 2.05) is 0 Å². The molecule has 0 spiro atoms. The highest BCUT2D eigenvalue weighted by Gasteiger charge is 2.19. The lowest BCUT2D eigenvalue weighted by atomic mass is 9.82. The Bertz CT molecular complexity index is 269. The lowest BCUT2D eigenvalue weighted by Crippen LogP contribution is -2.28. The van der Waals surface area contributed by atoms with Crippen LogP contribution in [0.5, 0.6) is 0 Å². The number of halogens is 1. The van der Waals surface area contributed by atoms with Crippen LogP contribution in [-0.2, 0) is 5.41 Å². The summed E-state index contributed by atoms with van der Waals surface area (Å²) in [4.78, 5) is 0. The molecule has 1 rings (SSSR count). The Balaban J connectivity index is 0.00000144. The second-order valence-electron chi connectivity index (χ2n) is 3.90. The summed E-state index contributed by atoms with van der Waals surface area (Å²) in [6.07, 6.45) is 0. The Morgan fingerprint density at radius 1 is 1.23 bits per heavy atom. The monoisotopic (exact) mass is 199 g/mol. The summed E-state index contributed by atoms with van der Waals surface area (Å²) in [5.74, 6) is 0. The van der Waals surface area contributed by atoms with Gasteiger partial charge in [0.25, 0.3) is 0 Å². The maximum atomic E-state index is 5.71. The minimum atomic E-state index is 0. The molecule has 1 aromatic carbocycles. The maximum absolute atomic E-state index is 5.71. The molecule has 0 unspecified atom stereocenters. The van der Waals surface area contributed by atoms with Crippen LogP contribution in [0, 0.1) is 6.92 Å². The van der Waals surface area contributed by atoms with Crippen molar-refractivity contribution in [1.29, 1.82) is 0 Å². The second-order valence-corrected chi connectivity index (χ2v) is 3.90. The molecule has 0 saturated heterocycles. The van der Waals surface area contributed by atoms with Gasteiger partial charge in [0.15, 0.2) is 0 Å². The first-order valence-electron chi connectivity index (χ1n) is 4.34. The standard InChI is InChI=1S/C11H17N.ClH/c1-9-6-4-5-7-10(9)11(2,3)8-12;/h4-7H,8,12H2,1-3H3;1H. The first-order valence-corrected chi connectivity index (χ1v) is 4.34. The molecule has 0 radical (unpaired) electrons. The number of benzene rings is 1. The molecule has 0 fully saturated rings. The van der Waals surface area contributed by atoms with Gasteiger partial charge in [-0.05, 0) is 18.1 Å². The molecule has 74 valence electrons. The molecule has 0 bridgehead atoms. The van der Waals surface area contributed by atoms with E-state index in [0.29, 0.717) is 6.54 Å². The topological polar surface area (TPSA) is 26.0 Å². The summed E-state index contributed by atoms with van der Waals surface area (Å²) >= 11 is 0. The Labute approximate surface area is 86.7 Å². The second kappa shape index (κ2) is 4.64. The minimum Gasteiger partial charge on any atom is -0.330 e. The molecule has 1 aromatic rings. The van der Waals surface area contributed by atoms with Crippen molar-refractivity contribution in [3.63, 3.8) is 0 Å². The fraction of sp³-hybridized carbons (Fsp3) is 0.455. The first-order chi connectivity index (χ1) is 5.58. The normalized spacial score (nSPS) is 10.8. The fourth-order valence-electron chi connectivity index (χ4n) is 1.44. The van der Waals surface area contributed by atoms with Crippen LogP contribution in [0.4, 0.5) is 0 Å². The number of nitrogens with two attached hydrogens (primary N) is 1. The van der Waals surface area contributed by atoms with Crippen molar-refractivity contribution in [1.82, 2.24) is 0 Å². The summed E-state index contributed by atoms with van der Waals surface area (Å²) in [7, 11) is 0. The molecule has 0 aromatic heterocycles. The molecule has 2 heteroatoms. The molecule has 0 aliphatic rings. The van der Waals surface area contributed by atoms with Gasteiger partial charge in [-0.2, -0.15) is 0 Å². The van der Waals surface area contributed by atoms with Crippen LogP contribution in [0.3, 0.4) is 0 Å². The van der Waals surface area contributed by atoms with E-state index >= 15 is 0 Å². The molecule has 13 heavy (non-hydrogen) atoms. The number of aryl methyl sites for hydroxylation is 1. The van der Waals surface area contributed by atoms with Crippen LogP contribution in [0.1, 0.15) is 25.0 Å². The molecular formula is C11H18ClN. The zero-order valence-corrected chi connectivity index (χ0v) is 9.32. The van der Waals surface area contributed by atoms with Gasteiger partial charge >= 0.3 is 0 Å². The third-order valence-corrected chi connectivity index (χ3v) is 2.38. The van der Waals surface area contributed by atoms with E-state index in [4.69, 9.17) is 5.73 Å². The number of rotatable bonds is 2. The van der Waals surface area contributed by atoms with E-state index < -0.39 is 0 Å². The third-order valence-electron chi connectivity index (χ3n) is 2.38. The summed E-state index contributed by atoms with van der Waals surface area (Å²) in [6.45, 7) is 7.18. The van der Waals surface area contributed by atoms with Crippen LogP contribution in [0.15, 0.2) is 24.3 Å². The van der Waals surface area contributed by atoms with E-state index in [-0.39, 0.29) is 17.8 Å². The average molecular weight is 200 g/mol. The van der Waals surface area contributed by atoms with Crippen molar-refractivity contribution in [2.24, 2.45) is 5.73 Å². The van der Waals surface area contributed by atoms with Crippen LogP contribution in [0.2, 0.25) is 0 Å². The molecule has 0 atom stereocenters. The van der Waals surface area contributed by atoms with E-state index in [1.54, 1.807) is 0 Å². The Hall–Kier alpha value is -0.530. The van der Waals surface area contributed by atoms with Gasteiger partial charge in [0.1, 0.15) is 0 Å². The predicted molar refractivity (Wildman–Crippen MR) is 60.5 cm³/mol. The average Bonchev–Trinajstić information content (AvgIpc) is 2.05. The van der Waals surface area contributed by atoms with Crippen molar-refractivity contribution in [3.8, 4) is 0 Å². The summed E-state index contributed by atoms with van der Waals surface area (Å²) < 4.78 is 0. The zero-order valence-electron chi connectivity index (χ0n) is 8.50. The zero-order chi connectivity index (χ0) is 9.19. The molecule has 1 nitrogen and oxygen atoms in total. The molecule has 2 N–H and O–H groups in total. The summed E-state index contributed by atoms with van der Waals surface area (Å²) in [5, 5.41) is 0. The first kappa shape index (κ1) is 12.5. The molecule has 0 amide bonds. The summed E-state index contributed by atoms with van der Waals surface area (Å²) in [6, 6.07) is 8.42. The van der Waals surface area contributed by atoms with Gasteiger partial charge in [-0.25, -0.2) is 0 Å². The van der Waals surface area contributed by atoms with Crippen molar-refractivity contribution >= 4 is 12.4 Å². The van der Waals surface area contributed by atoms with Gasteiger partial charge in [0, 0.05) is 12.0 Å². The van der Waals surface area contributed by atoms with Crippen molar-refractivity contribution in [2.75, 3.05) is 6.54 Å². The van der Waals surface area contributed by atoms with Gasteiger partial charge in [-0.3, -0.25) is 0 Å². The van der Waals surface area contributed by atoms with Crippen LogP contribution >= 0.6 is 12.4 Å². The summed E-state index contributed by atoms with van der Waals surface area (Å²) in [5.41, 5.74) is 8.49. The largest absolute Gasteiger partial charge is 0.330 e. The van der Waals surface area contributed by atoms with Crippen molar-refractivity contribution in [2.45, 2.75) is 26.2 Å². The van der Waals surface area contributed by atoms with Crippen LogP contribution < -0.4 is 5.73 Å². The van der Waals surface area contributed by atoms with E-state index in [9.17, 15) is 0 Å². The highest BCUT2D eigenvalue weighted by molar-refractivity contribution is 5.85. The maximum Gasteiger partial charge on any atom is 0.00216 e. The lowest BCUT2D eigenvalue weighted by molar-refractivity contribution is 0.536. The number of hydrogen-bond acceptors (Lipinski definition) is 1. The van der Waals surface area contributed by atoms with Crippen LogP contribution in [-0.4, -0.2) is 6.54 Å². The fourth-order valence-corrected chi connectivity index (χ4v) is 1.44. The van der Waals surface area contributed by atoms with E-state index in [0.717, 1.165) is 0 Å². The Morgan fingerprint density at radius 2 is 1.77 bits per heavy atom. The van der Waals surface area contributed by atoms with Gasteiger partial charge in [0.05, 0.1) is 0 Å². The van der Waals surface area contributed by atoms with E-state index in [1.165, 1.54) is 11.1 Å². The molecule has 0 saturated carbocycles. The SMILES string of the molecule is Cc1ccccc1C(C)(C)CN.Cl. The Kier molecular flexibility index (Phi) is 4.45. The predicted octanol–water partition coefficient (Wildman–Crippen LogP) is 2.65. The lowest BCUT2D eigenvalue weighted by Gasteiger charge is -2.24.